The Morgan fingerprint density at radius 2 is 1.96 bits per heavy atom. The van der Waals surface area contributed by atoms with Gasteiger partial charge in [0.1, 0.15) is 12.3 Å². The van der Waals surface area contributed by atoms with Gasteiger partial charge in [-0.3, -0.25) is 19.3 Å². The molecular weight excluding hydrogens is 491 g/mol. The smallest absolute Gasteiger partial charge is 0.294 e. The molecule has 0 radical (unpaired) electrons. The molecule has 0 spiro atoms. The minimum Gasteiger partial charge on any atom is -0.506 e. The van der Waals surface area contributed by atoms with E-state index in [1.54, 1.807) is 24.3 Å². The van der Waals surface area contributed by atoms with E-state index in [1.807, 2.05) is 0 Å². The number of para-hydroxylation sites is 1. The normalized spacial score (nSPS) is 15.4. The second-order valence-corrected chi connectivity index (χ2v) is 8.31. The van der Waals surface area contributed by atoms with E-state index in [0.717, 1.165) is 4.90 Å². The first-order chi connectivity index (χ1) is 13.3. The van der Waals surface area contributed by atoms with Crippen LogP contribution in [0.5, 0.6) is 5.75 Å². The molecule has 0 aliphatic carbocycles. The minimum absolute atomic E-state index is 0.0695. The van der Waals surface area contributed by atoms with Crippen molar-refractivity contribution in [2.75, 3.05) is 11.9 Å². The number of aromatic hydroxyl groups is 1. The number of amides is 3. The Labute approximate surface area is 182 Å². The number of hydrogen-bond acceptors (Lipinski definition) is 5. The van der Waals surface area contributed by atoms with E-state index >= 15 is 0 Å². The average Bonchev–Trinajstić information content (AvgIpc) is 2.88. The summed E-state index contributed by atoms with van der Waals surface area (Å²) in [6, 6.07) is 9.57. The molecule has 0 atom stereocenters. The van der Waals surface area contributed by atoms with Crippen molar-refractivity contribution in [2.45, 2.75) is 0 Å². The molecule has 2 aromatic rings. The molecule has 1 aliphatic heterocycles. The Kier molecular flexibility index (Phi) is 6.34. The highest BCUT2D eigenvalue weighted by atomic mass is 79.9. The first-order valence-corrected chi connectivity index (χ1v) is 10.1. The predicted molar refractivity (Wildman–Crippen MR) is 114 cm³/mol. The third kappa shape index (κ3) is 4.52. The van der Waals surface area contributed by atoms with Gasteiger partial charge in [-0.25, -0.2) is 0 Å². The summed E-state index contributed by atoms with van der Waals surface area (Å²) in [5.74, 6) is -1.32. The van der Waals surface area contributed by atoms with Gasteiger partial charge >= 0.3 is 0 Å². The Morgan fingerprint density at radius 1 is 1.25 bits per heavy atom. The molecule has 28 heavy (non-hydrogen) atoms. The van der Waals surface area contributed by atoms with E-state index in [9.17, 15) is 19.5 Å². The van der Waals surface area contributed by atoms with E-state index in [-0.39, 0.29) is 16.2 Å². The fraction of sp³-hybridized carbons (Fsp3) is 0.0556. The van der Waals surface area contributed by atoms with Gasteiger partial charge in [-0.05, 0) is 58.0 Å². The van der Waals surface area contributed by atoms with E-state index in [2.05, 4.69) is 21.2 Å². The number of rotatable bonds is 4. The molecule has 1 saturated heterocycles. The molecule has 0 saturated carbocycles. The van der Waals surface area contributed by atoms with Crippen LogP contribution in [0.1, 0.15) is 5.56 Å². The van der Waals surface area contributed by atoms with E-state index in [4.69, 9.17) is 23.2 Å². The van der Waals surface area contributed by atoms with Crippen molar-refractivity contribution >= 4 is 79.7 Å². The maximum Gasteiger partial charge on any atom is 0.294 e. The van der Waals surface area contributed by atoms with E-state index in [1.165, 1.54) is 18.2 Å². The quantitative estimate of drug-likeness (QED) is 0.566. The molecule has 1 aliphatic rings. The molecular formula is C18H11BrCl2N2O4S. The molecule has 2 N–H and O–H groups in total. The number of carbonyl (C=O) groups is 3. The number of benzene rings is 2. The fourth-order valence-corrected chi connectivity index (χ4v) is 4.22. The van der Waals surface area contributed by atoms with Crippen LogP contribution in [0, 0.1) is 0 Å². The van der Waals surface area contributed by atoms with Gasteiger partial charge in [0.05, 0.1) is 20.1 Å². The van der Waals surface area contributed by atoms with Crippen LogP contribution in [-0.2, 0) is 9.59 Å². The zero-order chi connectivity index (χ0) is 20.4. The van der Waals surface area contributed by atoms with Gasteiger partial charge < -0.3 is 10.4 Å². The lowest BCUT2D eigenvalue weighted by Gasteiger charge is -2.13. The van der Waals surface area contributed by atoms with Crippen LogP contribution >= 0.6 is 50.9 Å². The van der Waals surface area contributed by atoms with E-state index < -0.39 is 23.6 Å². The summed E-state index contributed by atoms with van der Waals surface area (Å²) in [6.07, 6.45) is 1.35. The number of carbonyl (C=O) groups excluding carboxylic acids is 3. The maximum absolute atomic E-state index is 12.5. The number of hydrogen-bond donors (Lipinski definition) is 2. The van der Waals surface area contributed by atoms with Gasteiger partial charge in [0.15, 0.2) is 0 Å². The second kappa shape index (κ2) is 8.57. The molecule has 10 heteroatoms. The summed E-state index contributed by atoms with van der Waals surface area (Å²) in [5, 5.41) is 12.7. The Hall–Kier alpha value is -2.00. The number of nitrogens with zero attached hydrogens (tertiary/aromatic N) is 1. The number of thioether (sulfide) groups is 1. The summed E-state index contributed by atoms with van der Waals surface area (Å²) in [7, 11) is 0. The molecule has 1 heterocycles. The number of halogens is 3. The van der Waals surface area contributed by atoms with Crippen LogP contribution in [0.3, 0.4) is 0 Å². The fourth-order valence-electron chi connectivity index (χ4n) is 2.37. The van der Waals surface area contributed by atoms with Gasteiger partial charge in [-0.1, -0.05) is 35.3 Å². The van der Waals surface area contributed by atoms with Crippen molar-refractivity contribution in [1.82, 2.24) is 4.90 Å². The predicted octanol–water partition coefficient (Wildman–Crippen LogP) is 5.14. The van der Waals surface area contributed by atoms with Crippen LogP contribution in [0.25, 0.3) is 6.08 Å². The molecule has 3 rings (SSSR count). The first-order valence-electron chi connectivity index (χ1n) is 7.74. The minimum atomic E-state index is -0.639. The molecule has 0 bridgehead atoms. The summed E-state index contributed by atoms with van der Waals surface area (Å²) < 4.78 is 0.351. The maximum atomic E-state index is 12.5. The monoisotopic (exact) mass is 500 g/mol. The summed E-state index contributed by atoms with van der Waals surface area (Å²) in [4.78, 5) is 37.8. The Bertz CT molecular complexity index is 1030. The lowest BCUT2D eigenvalue weighted by molar-refractivity contribution is -0.127. The molecule has 0 unspecified atom stereocenters. The zero-order valence-corrected chi connectivity index (χ0v) is 17.8. The lowest BCUT2D eigenvalue weighted by Crippen LogP contribution is -2.36. The van der Waals surface area contributed by atoms with Gasteiger partial charge in [0.2, 0.25) is 5.91 Å². The third-order valence-electron chi connectivity index (χ3n) is 3.67. The molecule has 144 valence electrons. The van der Waals surface area contributed by atoms with Gasteiger partial charge in [-0.2, -0.15) is 0 Å². The van der Waals surface area contributed by atoms with Gasteiger partial charge in [-0.15, -0.1) is 0 Å². The van der Waals surface area contributed by atoms with Crippen LogP contribution in [0.2, 0.25) is 10.0 Å². The SMILES string of the molecule is O=C(CN1C(=O)S/C(=C/c2cc(Cl)cc(Br)c2O)C1=O)Nc1ccccc1Cl. The largest absolute Gasteiger partial charge is 0.506 e. The Morgan fingerprint density at radius 3 is 2.68 bits per heavy atom. The zero-order valence-electron chi connectivity index (χ0n) is 13.9. The highest BCUT2D eigenvalue weighted by Crippen LogP contribution is 2.37. The summed E-state index contributed by atoms with van der Waals surface area (Å²) in [6.45, 7) is -0.460. The van der Waals surface area contributed by atoms with Crippen molar-refractivity contribution in [1.29, 1.82) is 0 Å². The lowest BCUT2D eigenvalue weighted by atomic mass is 10.2. The number of phenolic OH excluding ortho intramolecular Hbond substituents is 1. The topological polar surface area (TPSA) is 86.7 Å². The molecule has 6 nitrogen and oxygen atoms in total. The van der Waals surface area contributed by atoms with Crippen molar-refractivity contribution in [3.05, 3.63) is 61.4 Å². The number of phenols is 1. The van der Waals surface area contributed by atoms with E-state index in [0.29, 0.717) is 32.0 Å². The highest BCUT2D eigenvalue weighted by molar-refractivity contribution is 9.10. The highest BCUT2D eigenvalue weighted by Gasteiger charge is 2.36. The van der Waals surface area contributed by atoms with Crippen molar-refractivity contribution in [3.63, 3.8) is 0 Å². The number of nitrogens with one attached hydrogen (secondary N) is 1. The van der Waals surface area contributed by atoms with Crippen LogP contribution in [0.4, 0.5) is 10.5 Å². The van der Waals surface area contributed by atoms with Crippen LogP contribution < -0.4 is 5.32 Å². The number of anilines is 1. The molecule has 1 fully saturated rings. The second-order valence-electron chi connectivity index (χ2n) is 5.62. The van der Waals surface area contributed by atoms with Crippen molar-refractivity contribution < 1.29 is 19.5 Å². The first kappa shape index (κ1) is 20.7. The molecule has 0 aromatic heterocycles. The van der Waals surface area contributed by atoms with Gasteiger partial charge in [0, 0.05) is 10.6 Å². The van der Waals surface area contributed by atoms with Gasteiger partial charge in [0.25, 0.3) is 11.1 Å². The van der Waals surface area contributed by atoms with Crippen molar-refractivity contribution in [3.8, 4) is 5.75 Å². The average molecular weight is 502 g/mol. The van der Waals surface area contributed by atoms with Crippen LogP contribution in [0.15, 0.2) is 45.8 Å². The van der Waals surface area contributed by atoms with Crippen molar-refractivity contribution in [2.24, 2.45) is 0 Å². The van der Waals surface area contributed by atoms with Crippen LogP contribution in [-0.4, -0.2) is 33.6 Å². The summed E-state index contributed by atoms with van der Waals surface area (Å²) >= 11 is 15.8. The third-order valence-corrected chi connectivity index (χ3v) is 5.73. The number of imide groups is 1. The molecule has 3 amide bonds. The summed E-state index contributed by atoms with van der Waals surface area (Å²) in [5.41, 5.74) is 0.649. The molecule has 2 aromatic carbocycles. The standard InChI is InChI=1S/C18H11BrCl2N2O4S/c19-11-7-10(20)5-9(16(11)25)6-14-17(26)23(18(27)28-14)8-15(24)22-13-4-2-1-3-12(13)21/h1-7,25H,8H2,(H,22,24)/b14-6+. The Balaban J connectivity index is 1.77.